The Hall–Kier alpha value is -0.610. The highest BCUT2D eigenvalue weighted by Gasteiger charge is 2.14. The van der Waals surface area contributed by atoms with Crippen LogP contribution in [0, 0.1) is 0 Å². The van der Waals surface area contributed by atoms with E-state index in [1.807, 2.05) is 6.92 Å². The van der Waals surface area contributed by atoms with Crippen molar-refractivity contribution in [3.8, 4) is 0 Å². The summed E-state index contributed by atoms with van der Waals surface area (Å²) in [6, 6.07) is 0. The van der Waals surface area contributed by atoms with E-state index in [9.17, 15) is 4.79 Å². The van der Waals surface area contributed by atoms with Crippen LogP contribution in [0.2, 0.25) is 0 Å². The van der Waals surface area contributed by atoms with E-state index in [-0.39, 0.29) is 12.2 Å². The summed E-state index contributed by atoms with van der Waals surface area (Å²) in [5, 5.41) is 2.76. The largest absolute Gasteiger partial charge is 0.356 e. The number of ether oxygens (including phenoxy) is 2. The van der Waals surface area contributed by atoms with E-state index in [0.29, 0.717) is 26.2 Å². The zero-order valence-corrected chi connectivity index (χ0v) is 7.34. The van der Waals surface area contributed by atoms with Gasteiger partial charge >= 0.3 is 0 Å². The first-order valence-electron chi connectivity index (χ1n) is 4.33. The summed E-state index contributed by atoms with van der Waals surface area (Å²) in [5.41, 5.74) is 0. The van der Waals surface area contributed by atoms with Crippen molar-refractivity contribution in [2.75, 3.05) is 19.8 Å². The number of carbonyl (C=O) groups excluding carboxylic acids is 1. The van der Waals surface area contributed by atoms with Gasteiger partial charge in [-0.25, -0.2) is 0 Å². The van der Waals surface area contributed by atoms with Crippen LogP contribution < -0.4 is 5.32 Å². The van der Waals surface area contributed by atoms with E-state index in [1.165, 1.54) is 0 Å². The number of rotatable bonds is 4. The van der Waals surface area contributed by atoms with Crippen LogP contribution in [0.15, 0.2) is 0 Å². The van der Waals surface area contributed by atoms with Crippen LogP contribution in [0.5, 0.6) is 0 Å². The van der Waals surface area contributed by atoms with Crippen molar-refractivity contribution in [3.05, 3.63) is 0 Å². The summed E-state index contributed by atoms with van der Waals surface area (Å²) in [5.74, 6) is 0.0768. The van der Waals surface area contributed by atoms with Gasteiger partial charge < -0.3 is 14.8 Å². The predicted octanol–water partition coefficient (Wildman–Crippen LogP) is 0.276. The van der Waals surface area contributed by atoms with E-state index in [4.69, 9.17) is 9.47 Å². The lowest BCUT2D eigenvalue weighted by Gasteiger charge is -2.08. The summed E-state index contributed by atoms with van der Waals surface area (Å²) in [7, 11) is 0. The molecule has 1 N–H and O–H groups in total. The molecule has 1 aliphatic heterocycles. The van der Waals surface area contributed by atoms with E-state index >= 15 is 0 Å². The molecule has 4 heteroatoms. The van der Waals surface area contributed by atoms with Crippen molar-refractivity contribution in [1.29, 1.82) is 0 Å². The Kier molecular flexibility index (Phi) is 4.04. The van der Waals surface area contributed by atoms with Gasteiger partial charge in [0.2, 0.25) is 5.91 Å². The van der Waals surface area contributed by atoms with Crippen molar-refractivity contribution >= 4 is 5.91 Å². The van der Waals surface area contributed by atoms with Gasteiger partial charge in [0.25, 0.3) is 0 Å². The second-order valence-corrected chi connectivity index (χ2v) is 2.66. The Morgan fingerprint density at radius 2 is 2.17 bits per heavy atom. The number of carbonyl (C=O) groups is 1. The molecule has 0 unspecified atom stereocenters. The number of hydrogen-bond donors (Lipinski definition) is 1. The fourth-order valence-electron chi connectivity index (χ4n) is 1.03. The first-order valence-corrected chi connectivity index (χ1v) is 4.33. The Bertz CT molecular complexity index is 143. The maximum atomic E-state index is 10.8. The first kappa shape index (κ1) is 9.48. The minimum atomic E-state index is -0.109. The Balaban J connectivity index is 1.97. The molecule has 1 rings (SSSR count). The molecule has 0 radical (unpaired) electrons. The molecule has 0 spiro atoms. The summed E-state index contributed by atoms with van der Waals surface area (Å²) >= 11 is 0. The Morgan fingerprint density at radius 1 is 1.50 bits per heavy atom. The van der Waals surface area contributed by atoms with Gasteiger partial charge in [0.15, 0.2) is 6.29 Å². The molecule has 1 heterocycles. The number of hydrogen-bond acceptors (Lipinski definition) is 3. The van der Waals surface area contributed by atoms with Crippen molar-refractivity contribution < 1.29 is 14.3 Å². The van der Waals surface area contributed by atoms with Crippen molar-refractivity contribution in [2.24, 2.45) is 0 Å². The Labute approximate surface area is 72.2 Å². The minimum Gasteiger partial charge on any atom is -0.356 e. The zero-order chi connectivity index (χ0) is 8.81. The molecule has 0 bridgehead atoms. The van der Waals surface area contributed by atoms with Gasteiger partial charge in [-0.15, -0.1) is 0 Å². The quantitative estimate of drug-likeness (QED) is 0.664. The van der Waals surface area contributed by atoms with Crippen molar-refractivity contribution in [2.45, 2.75) is 26.1 Å². The van der Waals surface area contributed by atoms with E-state index in [1.54, 1.807) is 0 Å². The van der Waals surface area contributed by atoms with Gasteiger partial charge in [-0.3, -0.25) is 4.79 Å². The summed E-state index contributed by atoms with van der Waals surface area (Å²) in [6.45, 7) is 3.81. The minimum absolute atomic E-state index is 0.0768. The van der Waals surface area contributed by atoms with Gasteiger partial charge in [0.1, 0.15) is 0 Å². The van der Waals surface area contributed by atoms with Gasteiger partial charge in [-0.1, -0.05) is 6.92 Å². The molecular weight excluding hydrogens is 158 g/mol. The third kappa shape index (κ3) is 3.19. The molecule has 0 aromatic heterocycles. The van der Waals surface area contributed by atoms with Crippen LogP contribution in [-0.2, 0) is 14.3 Å². The number of nitrogens with one attached hydrogen (secondary N) is 1. The summed E-state index contributed by atoms with van der Waals surface area (Å²) in [6.07, 6.45) is 1.17. The SMILES string of the molecule is CCC(=O)NCCC1OCCO1. The Morgan fingerprint density at radius 3 is 2.75 bits per heavy atom. The van der Waals surface area contributed by atoms with Crippen molar-refractivity contribution in [3.63, 3.8) is 0 Å². The molecule has 0 atom stereocenters. The van der Waals surface area contributed by atoms with Crippen LogP contribution in [0.25, 0.3) is 0 Å². The smallest absolute Gasteiger partial charge is 0.219 e. The molecule has 0 aromatic rings. The molecule has 0 aromatic carbocycles. The lowest BCUT2D eigenvalue weighted by atomic mass is 10.4. The molecule has 1 saturated heterocycles. The molecule has 1 fully saturated rings. The molecule has 1 amide bonds. The monoisotopic (exact) mass is 173 g/mol. The number of amides is 1. The van der Waals surface area contributed by atoms with Gasteiger partial charge in [0, 0.05) is 19.4 Å². The molecular formula is C8H15NO3. The van der Waals surface area contributed by atoms with Gasteiger partial charge in [0.05, 0.1) is 13.2 Å². The maximum Gasteiger partial charge on any atom is 0.219 e. The van der Waals surface area contributed by atoms with Crippen LogP contribution in [-0.4, -0.2) is 32.0 Å². The summed E-state index contributed by atoms with van der Waals surface area (Å²) < 4.78 is 10.4. The topological polar surface area (TPSA) is 47.6 Å². The molecule has 0 aliphatic carbocycles. The molecule has 70 valence electrons. The summed E-state index contributed by atoms with van der Waals surface area (Å²) in [4.78, 5) is 10.8. The van der Waals surface area contributed by atoms with Gasteiger partial charge in [-0.2, -0.15) is 0 Å². The predicted molar refractivity (Wildman–Crippen MR) is 43.6 cm³/mol. The average Bonchev–Trinajstić information content (AvgIpc) is 2.57. The molecule has 12 heavy (non-hydrogen) atoms. The second kappa shape index (κ2) is 5.11. The van der Waals surface area contributed by atoms with Crippen LogP contribution in [0.3, 0.4) is 0 Å². The highest BCUT2D eigenvalue weighted by molar-refractivity contribution is 5.75. The fraction of sp³-hybridized carbons (Fsp3) is 0.875. The van der Waals surface area contributed by atoms with Crippen LogP contribution in [0.1, 0.15) is 19.8 Å². The lowest BCUT2D eigenvalue weighted by Crippen LogP contribution is -2.26. The normalized spacial score (nSPS) is 18.1. The highest BCUT2D eigenvalue weighted by atomic mass is 16.7. The molecule has 4 nitrogen and oxygen atoms in total. The fourth-order valence-corrected chi connectivity index (χ4v) is 1.03. The standard InChI is InChI=1S/C8H15NO3/c1-2-7(10)9-4-3-8-11-5-6-12-8/h8H,2-6H2,1H3,(H,9,10). The third-order valence-electron chi connectivity index (χ3n) is 1.71. The lowest BCUT2D eigenvalue weighted by molar-refractivity contribution is -0.121. The van der Waals surface area contributed by atoms with Crippen LogP contribution >= 0.6 is 0 Å². The highest BCUT2D eigenvalue weighted by Crippen LogP contribution is 2.06. The maximum absolute atomic E-state index is 10.8. The van der Waals surface area contributed by atoms with E-state index in [2.05, 4.69) is 5.32 Å². The van der Waals surface area contributed by atoms with E-state index < -0.39 is 0 Å². The first-order chi connectivity index (χ1) is 5.83. The molecule has 0 saturated carbocycles. The molecule has 1 aliphatic rings. The zero-order valence-electron chi connectivity index (χ0n) is 7.34. The van der Waals surface area contributed by atoms with Crippen molar-refractivity contribution in [1.82, 2.24) is 5.32 Å². The van der Waals surface area contributed by atoms with Crippen LogP contribution in [0.4, 0.5) is 0 Å². The second-order valence-electron chi connectivity index (χ2n) is 2.66. The third-order valence-corrected chi connectivity index (χ3v) is 1.71. The average molecular weight is 173 g/mol. The van der Waals surface area contributed by atoms with Gasteiger partial charge in [-0.05, 0) is 0 Å². The van der Waals surface area contributed by atoms with E-state index in [0.717, 1.165) is 6.42 Å².